The SMILES string of the molecule is CCCc1[nH]nc2c1[C@H](c1cc(OC)c([O-])c([N+](=O)[O-])c1)C(C#N)=C(N)O2. The van der Waals surface area contributed by atoms with Crippen LogP contribution in [-0.2, 0) is 6.42 Å². The minimum Gasteiger partial charge on any atom is -0.865 e. The Morgan fingerprint density at radius 3 is 2.85 bits per heavy atom. The number of rotatable bonds is 5. The maximum Gasteiger partial charge on any atom is 0.265 e. The lowest BCUT2D eigenvalue weighted by atomic mass is 9.83. The van der Waals surface area contributed by atoms with Crippen molar-refractivity contribution in [3.63, 3.8) is 0 Å². The van der Waals surface area contributed by atoms with E-state index in [-0.39, 0.29) is 23.1 Å². The number of H-pyrrole nitrogens is 1. The van der Waals surface area contributed by atoms with Crippen LogP contribution in [0.1, 0.15) is 36.1 Å². The van der Waals surface area contributed by atoms with Crippen molar-refractivity contribution in [3.8, 4) is 23.4 Å². The van der Waals surface area contributed by atoms with E-state index in [4.69, 9.17) is 15.2 Å². The van der Waals surface area contributed by atoms with E-state index in [1.165, 1.54) is 13.2 Å². The maximum atomic E-state index is 12.1. The van der Waals surface area contributed by atoms with Gasteiger partial charge in [0, 0.05) is 23.1 Å². The Morgan fingerprint density at radius 2 is 2.26 bits per heavy atom. The van der Waals surface area contributed by atoms with Crippen LogP contribution in [0.15, 0.2) is 23.6 Å². The van der Waals surface area contributed by atoms with Gasteiger partial charge in [0.25, 0.3) is 5.69 Å². The van der Waals surface area contributed by atoms with E-state index in [0.717, 1.165) is 18.2 Å². The van der Waals surface area contributed by atoms with Gasteiger partial charge >= 0.3 is 0 Å². The summed E-state index contributed by atoms with van der Waals surface area (Å²) in [5.41, 5.74) is 6.92. The third-order valence-corrected chi connectivity index (χ3v) is 4.33. The number of ether oxygens (including phenoxy) is 2. The quantitative estimate of drug-likeness (QED) is 0.591. The first kappa shape index (κ1) is 18.1. The molecule has 0 radical (unpaired) electrons. The van der Waals surface area contributed by atoms with Gasteiger partial charge in [0.15, 0.2) is 0 Å². The molecule has 3 N–H and O–H groups in total. The van der Waals surface area contributed by atoms with Gasteiger partial charge in [-0.15, -0.1) is 5.10 Å². The van der Waals surface area contributed by atoms with Crippen molar-refractivity contribution >= 4 is 5.69 Å². The lowest BCUT2D eigenvalue weighted by molar-refractivity contribution is -0.398. The molecule has 1 aromatic carbocycles. The normalized spacial score (nSPS) is 15.7. The fraction of sp³-hybridized carbons (Fsp3) is 0.294. The second kappa shape index (κ2) is 6.87. The highest BCUT2D eigenvalue weighted by molar-refractivity contribution is 5.62. The number of fused-ring (bicyclic) bond motifs is 1. The first-order chi connectivity index (χ1) is 12.9. The molecule has 1 atom stereocenters. The maximum absolute atomic E-state index is 12.1. The average molecular weight is 370 g/mol. The Balaban J connectivity index is 2.29. The molecule has 2 heterocycles. The van der Waals surface area contributed by atoms with Crippen molar-refractivity contribution in [2.75, 3.05) is 7.11 Å². The van der Waals surface area contributed by atoms with Crippen molar-refractivity contribution < 1.29 is 19.5 Å². The summed E-state index contributed by atoms with van der Waals surface area (Å²) in [7, 11) is 1.25. The van der Waals surface area contributed by atoms with Gasteiger partial charge in [0.05, 0.1) is 18.0 Å². The zero-order chi connectivity index (χ0) is 19.7. The molecule has 2 aromatic rings. The van der Waals surface area contributed by atoms with Gasteiger partial charge in [0.1, 0.15) is 17.4 Å². The minimum absolute atomic E-state index is 0.0799. The largest absolute Gasteiger partial charge is 0.865 e. The molecule has 0 fully saturated rings. The van der Waals surface area contributed by atoms with E-state index >= 15 is 0 Å². The molecule has 0 saturated carbocycles. The van der Waals surface area contributed by atoms with Crippen molar-refractivity contribution in [3.05, 3.63) is 50.5 Å². The number of nitriles is 1. The molecule has 140 valence electrons. The summed E-state index contributed by atoms with van der Waals surface area (Å²) in [6.07, 6.45) is 1.42. The molecular weight excluding hydrogens is 354 g/mol. The summed E-state index contributed by atoms with van der Waals surface area (Å²) in [5, 5.41) is 40.0. The van der Waals surface area contributed by atoms with E-state index in [1.807, 2.05) is 13.0 Å². The Morgan fingerprint density at radius 1 is 1.52 bits per heavy atom. The lowest BCUT2D eigenvalue weighted by Crippen LogP contribution is -2.21. The number of nitrogens with zero attached hydrogens (tertiary/aromatic N) is 3. The molecule has 0 saturated heterocycles. The standard InChI is InChI=1S/C17H17N5O5/c1-3-4-10-14-13(9(7-18)16(19)27-17(14)21-20-10)8-5-11(22(24)25)15(23)12(6-8)26-2/h5-6,13,23H,3-4,19H2,1-2H3,(H,20,21)/p-1/t13-/m1/s1. The van der Waals surface area contributed by atoms with E-state index in [2.05, 4.69) is 10.2 Å². The monoisotopic (exact) mass is 370 g/mol. The number of nitro groups is 1. The third kappa shape index (κ3) is 2.89. The second-order valence-electron chi connectivity index (χ2n) is 5.92. The number of aromatic amines is 1. The summed E-state index contributed by atoms with van der Waals surface area (Å²) < 4.78 is 10.4. The molecule has 0 aliphatic carbocycles. The Hall–Kier alpha value is -3.74. The number of benzene rings is 1. The first-order valence-electron chi connectivity index (χ1n) is 8.10. The number of hydrogen-bond acceptors (Lipinski definition) is 8. The zero-order valence-electron chi connectivity index (χ0n) is 14.6. The molecule has 1 aliphatic rings. The molecule has 10 heteroatoms. The molecule has 0 unspecified atom stereocenters. The summed E-state index contributed by atoms with van der Waals surface area (Å²) in [4.78, 5) is 10.5. The number of aryl methyl sites for hydroxylation is 1. The van der Waals surface area contributed by atoms with Gasteiger partial charge in [-0.3, -0.25) is 15.2 Å². The van der Waals surface area contributed by atoms with E-state index in [9.17, 15) is 20.5 Å². The van der Waals surface area contributed by atoms with Gasteiger partial charge in [-0.1, -0.05) is 13.3 Å². The van der Waals surface area contributed by atoms with Crippen LogP contribution in [0.3, 0.4) is 0 Å². The Bertz CT molecular complexity index is 988. The number of nitro benzene ring substituents is 1. The number of methoxy groups -OCH3 is 1. The minimum atomic E-state index is -0.838. The van der Waals surface area contributed by atoms with Crippen LogP contribution in [-0.4, -0.2) is 22.2 Å². The molecule has 3 rings (SSSR count). The number of hydrogen-bond donors (Lipinski definition) is 2. The summed E-state index contributed by atoms with van der Waals surface area (Å²) in [5.74, 6) is -1.74. The number of nitrogens with two attached hydrogens (primary N) is 1. The fourth-order valence-electron chi connectivity index (χ4n) is 3.14. The lowest BCUT2D eigenvalue weighted by Gasteiger charge is -2.25. The molecule has 1 aromatic heterocycles. The van der Waals surface area contributed by atoms with Crippen molar-refractivity contribution in [2.24, 2.45) is 5.73 Å². The van der Waals surface area contributed by atoms with Gasteiger partial charge in [-0.2, -0.15) is 5.26 Å². The Kier molecular flexibility index (Phi) is 4.60. The van der Waals surface area contributed by atoms with Crippen LogP contribution in [0.5, 0.6) is 17.4 Å². The van der Waals surface area contributed by atoms with Gasteiger partial charge in [-0.05, 0) is 18.1 Å². The average Bonchev–Trinajstić information content (AvgIpc) is 3.03. The summed E-state index contributed by atoms with van der Waals surface area (Å²) in [6, 6.07) is 4.52. The first-order valence-corrected chi connectivity index (χ1v) is 8.10. The van der Waals surface area contributed by atoms with Crippen molar-refractivity contribution in [1.82, 2.24) is 10.2 Å². The van der Waals surface area contributed by atoms with Crippen LogP contribution in [0.4, 0.5) is 5.69 Å². The Labute approximate surface area is 154 Å². The number of allylic oxidation sites excluding steroid dienone is 1. The van der Waals surface area contributed by atoms with Crippen LogP contribution in [0, 0.1) is 21.4 Å². The van der Waals surface area contributed by atoms with Crippen molar-refractivity contribution in [1.29, 1.82) is 5.26 Å². The van der Waals surface area contributed by atoms with Crippen LogP contribution < -0.4 is 20.3 Å². The predicted molar refractivity (Wildman–Crippen MR) is 91.0 cm³/mol. The molecule has 27 heavy (non-hydrogen) atoms. The van der Waals surface area contributed by atoms with E-state index < -0.39 is 22.3 Å². The van der Waals surface area contributed by atoms with Crippen molar-refractivity contribution in [2.45, 2.75) is 25.7 Å². The van der Waals surface area contributed by atoms with E-state index in [0.29, 0.717) is 17.5 Å². The second-order valence-corrected chi connectivity index (χ2v) is 5.92. The molecular formula is C17H16N5O5-. The number of nitrogens with one attached hydrogen (secondary N) is 1. The highest BCUT2D eigenvalue weighted by Gasteiger charge is 2.36. The summed E-state index contributed by atoms with van der Waals surface area (Å²) >= 11 is 0. The van der Waals surface area contributed by atoms with Gasteiger partial charge < -0.3 is 20.3 Å². The van der Waals surface area contributed by atoms with Crippen LogP contribution in [0.2, 0.25) is 0 Å². The predicted octanol–water partition coefficient (Wildman–Crippen LogP) is 1.57. The highest BCUT2D eigenvalue weighted by Crippen LogP contribution is 2.46. The van der Waals surface area contributed by atoms with E-state index in [1.54, 1.807) is 0 Å². The van der Waals surface area contributed by atoms with Crippen LogP contribution >= 0.6 is 0 Å². The zero-order valence-corrected chi connectivity index (χ0v) is 14.6. The van der Waals surface area contributed by atoms with Gasteiger partial charge in [0.2, 0.25) is 11.8 Å². The molecule has 0 spiro atoms. The fourth-order valence-corrected chi connectivity index (χ4v) is 3.14. The smallest absolute Gasteiger partial charge is 0.265 e. The molecule has 0 amide bonds. The molecule has 10 nitrogen and oxygen atoms in total. The highest BCUT2D eigenvalue weighted by atomic mass is 16.6. The number of aromatic nitrogens is 2. The third-order valence-electron chi connectivity index (χ3n) is 4.33. The van der Waals surface area contributed by atoms with Crippen LogP contribution in [0.25, 0.3) is 0 Å². The summed E-state index contributed by atoms with van der Waals surface area (Å²) in [6.45, 7) is 1.97. The topological polar surface area (TPSA) is 163 Å². The molecule has 0 bridgehead atoms. The molecule has 1 aliphatic heterocycles. The van der Waals surface area contributed by atoms with Gasteiger partial charge in [-0.25, -0.2) is 0 Å².